The zero-order chi connectivity index (χ0) is 17.6. The van der Waals surface area contributed by atoms with Gasteiger partial charge in [-0.3, -0.25) is 14.4 Å². The number of ether oxygens (including phenoxy) is 1. The van der Waals surface area contributed by atoms with E-state index in [9.17, 15) is 14.4 Å². The molecule has 1 aliphatic heterocycles. The zero-order valence-electron chi connectivity index (χ0n) is 14.7. The van der Waals surface area contributed by atoms with E-state index in [1.165, 1.54) is 0 Å². The van der Waals surface area contributed by atoms with Crippen molar-refractivity contribution >= 4 is 18.2 Å². The minimum absolute atomic E-state index is 0.0705. The van der Waals surface area contributed by atoms with Gasteiger partial charge in [0.2, 0.25) is 18.2 Å². The molecular formula is C16H29N3O4. The summed E-state index contributed by atoms with van der Waals surface area (Å²) in [7, 11) is 1.54. The van der Waals surface area contributed by atoms with Gasteiger partial charge in [-0.2, -0.15) is 0 Å². The van der Waals surface area contributed by atoms with Crippen molar-refractivity contribution in [2.75, 3.05) is 20.2 Å². The summed E-state index contributed by atoms with van der Waals surface area (Å²) in [6.07, 6.45) is 2.16. The quantitative estimate of drug-likeness (QED) is 0.658. The Morgan fingerprint density at radius 1 is 1.39 bits per heavy atom. The van der Waals surface area contributed by atoms with Gasteiger partial charge in [0.25, 0.3) is 0 Å². The van der Waals surface area contributed by atoms with Crippen molar-refractivity contribution in [3.63, 3.8) is 0 Å². The molecule has 0 bridgehead atoms. The van der Waals surface area contributed by atoms with Crippen LogP contribution in [0.4, 0.5) is 0 Å². The molecular weight excluding hydrogens is 298 g/mol. The lowest BCUT2D eigenvalue weighted by Crippen LogP contribution is -2.50. The van der Waals surface area contributed by atoms with Crippen LogP contribution in [0, 0.1) is 5.92 Å². The fourth-order valence-electron chi connectivity index (χ4n) is 2.93. The third-order valence-corrected chi connectivity index (χ3v) is 3.97. The molecule has 3 amide bonds. The van der Waals surface area contributed by atoms with Gasteiger partial charge in [-0.15, -0.1) is 0 Å². The third kappa shape index (κ3) is 5.82. The first-order chi connectivity index (χ1) is 10.7. The number of carbonyl (C=O) groups is 3. The summed E-state index contributed by atoms with van der Waals surface area (Å²) < 4.78 is 5.47. The fourth-order valence-corrected chi connectivity index (χ4v) is 2.93. The molecule has 2 N–H and O–H groups in total. The molecule has 1 fully saturated rings. The summed E-state index contributed by atoms with van der Waals surface area (Å²) in [5.74, 6) is -0.936. The third-order valence-electron chi connectivity index (χ3n) is 3.97. The van der Waals surface area contributed by atoms with Gasteiger partial charge in [0.1, 0.15) is 0 Å². The molecule has 0 aromatic heterocycles. The maximum atomic E-state index is 12.3. The topological polar surface area (TPSA) is 87.7 Å². The normalized spacial score (nSPS) is 20.7. The number of likely N-dealkylation sites (tertiary alicyclic amines) is 1. The Hall–Kier alpha value is -1.63. The average Bonchev–Trinajstić information content (AvgIpc) is 2.92. The predicted octanol–water partition coefficient (Wildman–Crippen LogP) is 0.289. The average molecular weight is 327 g/mol. The van der Waals surface area contributed by atoms with Crippen LogP contribution in [0.2, 0.25) is 0 Å². The molecule has 1 heterocycles. The van der Waals surface area contributed by atoms with Crippen molar-refractivity contribution < 1.29 is 19.1 Å². The van der Waals surface area contributed by atoms with Gasteiger partial charge in [-0.1, -0.05) is 6.92 Å². The molecule has 0 saturated carbocycles. The van der Waals surface area contributed by atoms with E-state index in [0.717, 1.165) is 19.3 Å². The van der Waals surface area contributed by atoms with Crippen LogP contribution >= 0.6 is 0 Å². The van der Waals surface area contributed by atoms with E-state index in [0.29, 0.717) is 6.54 Å². The van der Waals surface area contributed by atoms with Gasteiger partial charge >= 0.3 is 0 Å². The van der Waals surface area contributed by atoms with Gasteiger partial charge in [0, 0.05) is 19.2 Å². The molecule has 132 valence electrons. The van der Waals surface area contributed by atoms with E-state index in [4.69, 9.17) is 4.74 Å². The number of hydrogen-bond donors (Lipinski definition) is 2. The minimum atomic E-state index is -0.451. The van der Waals surface area contributed by atoms with Crippen molar-refractivity contribution in [2.45, 2.75) is 58.2 Å². The van der Waals surface area contributed by atoms with Crippen LogP contribution in [0.3, 0.4) is 0 Å². The molecule has 1 aliphatic rings. The molecule has 0 radical (unpaired) electrons. The number of amides is 3. The van der Waals surface area contributed by atoms with Crippen molar-refractivity contribution in [2.24, 2.45) is 5.92 Å². The fraction of sp³-hybridized carbons (Fsp3) is 0.812. The van der Waals surface area contributed by atoms with Crippen LogP contribution in [0.15, 0.2) is 0 Å². The molecule has 7 nitrogen and oxygen atoms in total. The highest BCUT2D eigenvalue weighted by Crippen LogP contribution is 2.24. The van der Waals surface area contributed by atoms with Gasteiger partial charge in [-0.25, -0.2) is 0 Å². The molecule has 0 aromatic carbocycles. The first kappa shape index (κ1) is 19.4. The highest BCUT2D eigenvalue weighted by molar-refractivity contribution is 5.86. The SMILES string of the molecule is COC(C(C)C(=O)NCC(=O)NC(C)(C)C)C1CCCN1C=O. The van der Waals surface area contributed by atoms with Gasteiger partial charge in [0.05, 0.1) is 24.6 Å². The van der Waals surface area contributed by atoms with Crippen molar-refractivity contribution in [3.05, 3.63) is 0 Å². The summed E-state index contributed by atoms with van der Waals surface area (Å²) in [6.45, 7) is 8.01. The van der Waals surface area contributed by atoms with E-state index in [1.807, 2.05) is 20.8 Å². The molecule has 1 saturated heterocycles. The highest BCUT2D eigenvalue weighted by atomic mass is 16.5. The number of methoxy groups -OCH3 is 1. The maximum absolute atomic E-state index is 12.3. The largest absolute Gasteiger partial charge is 0.378 e. The Balaban J connectivity index is 2.56. The lowest BCUT2D eigenvalue weighted by molar-refractivity contribution is -0.135. The number of hydrogen-bond acceptors (Lipinski definition) is 4. The number of nitrogens with zero attached hydrogens (tertiary/aromatic N) is 1. The summed E-state index contributed by atoms with van der Waals surface area (Å²) in [6, 6.07) is -0.0957. The Morgan fingerprint density at radius 3 is 2.57 bits per heavy atom. The standard InChI is InChI=1S/C16H29N3O4/c1-11(14(23-5)12-7-6-8-19(12)10-20)15(22)17-9-13(21)18-16(2,3)4/h10-12,14H,6-9H2,1-5H3,(H,17,22)(H,18,21). The van der Waals surface area contributed by atoms with Crippen LogP contribution in [-0.2, 0) is 19.1 Å². The number of carbonyl (C=O) groups excluding carboxylic acids is 3. The summed E-state index contributed by atoms with van der Waals surface area (Å²) in [5.41, 5.74) is -0.337. The first-order valence-electron chi connectivity index (χ1n) is 8.02. The van der Waals surface area contributed by atoms with Crippen molar-refractivity contribution in [3.8, 4) is 0 Å². The van der Waals surface area contributed by atoms with Crippen molar-refractivity contribution in [1.29, 1.82) is 0 Å². The molecule has 0 spiro atoms. The van der Waals surface area contributed by atoms with Gasteiger partial charge in [-0.05, 0) is 33.6 Å². The smallest absolute Gasteiger partial charge is 0.239 e. The van der Waals surface area contributed by atoms with E-state index in [-0.39, 0.29) is 36.0 Å². The maximum Gasteiger partial charge on any atom is 0.239 e. The molecule has 1 rings (SSSR count). The second kappa shape index (κ2) is 8.29. The van der Waals surface area contributed by atoms with Gasteiger partial charge < -0.3 is 20.3 Å². The molecule has 0 aromatic rings. The van der Waals surface area contributed by atoms with Crippen LogP contribution in [0.25, 0.3) is 0 Å². The molecule has 3 unspecified atom stereocenters. The second-order valence-corrected chi connectivity index (χ2v) is 7.06. The monoisotopic (exact) mass is 327 g/mol. The van der Waals surface area contributed by atoms with Crippen LogP contribution in [0.1, 0.15) is 40.5 Å². The minimum Gasteiger partial charge on any atom is -0.378 e. The Morgan fingerprint density at radius 2 is 2.04 bits per heavy atom. The Bertz CT molecular complexity index is 434. The summed E-state index contributed by atoms with van der Waals surface area (Å²) in [4.78, 5) is 36.8. The predicted molar refractivity (Wildman–Crippen MR) is 86.7 cm³/mol. The molecule has 23 heavy (non-hydrogen) atoms. The number of nitrogens with one attached hydrogen (secondary N) is 2. The Labute approximate surface area is 138 Å². The zero-order valence-corrected chi connectivity index (χ0v) is 14.7. The van der Waals surface area contributed by atoms with Gasteiger partial charge in [0.15, 0.2) is 0 Å². The first-order valence-corrected chi connectivity index (χ1v) is 8.02. The van der Waals surface area contributed by atoms with Crippen molar-refractivity contribution in [1.82, 2.24) is 15.5 Å². The van der Waals surface area contributed by atoms with E-state index in [2.05, 4.69) is 10.6 Å². The lowest BCUT2D eigenvalue weighted by Gasteiger charge is -2.31. The van der Waals surface area contributed by atoms with Crippen LogP contribution in [0.5, 0.6) is 0 Å². The van der Waals surface area contributed by atoms with E-state index >= 15 is 0 Å². The van der Waals surface area contributed by atoms with E-state index in [1.54, 1.807) is 18.9 Å². The van der Waals surface area contributed by atoms with E-state index < -0.39 is 5.92 Å². The molecule has 3 atom stereocenters. The van der Waals surface area contributed by atoms with Crippen LogP contribution in [-0.4, -0.2) is 61.0 Å². The van der Waals surface area contributed by atoms with Crippen LogP contribution < -0.4 is 10.6 Å². The number of rotatable bonds is 7. The lowest BCUT2D eigenvalue weighted by atomic mass is 9.95. The highest BCUT2D eigenvalue weighted by Gasteiger charge is 2.37. The second-order valence-electron chi connectivity index (χ2n) is 7.06. The summed E-state index contributed by atoms with van der Waals surface area (Å²) in [5, 5.41) is 5.43. The summed E-state index contributed by atoms with van der Waals surface area (Å²) >= 11 is 0. The Kier molecular flexibility index (Phi) is 7.00. The molecule has 7 heteroatoms. The molecule has 0 aliphatic carbocycles.